The first kappa shape index (κ1) is 19.5. The molecule has 0 unspecified atom stereocenters. The Morgan fingerprint density at radius 2 is 2.08 bits per heavy atom. The van der Waals surface area contributed by atoms with Gasteiger partial charge in [0, 0.05) is 19.0 Å². The van der Waals surface area contributed by atoms with Crippen molar-refractivity contribution in [2.24, 2.45) is 0 Å². The number of unbranched alkanes of at least 4 members (excludes halogenated alkanes) is 1. The third-order valence-electron chi connectivity index (χ3n) is 3.15. The Kier molecular flexibility index (Phi) is 8.99. The van der Waals surface area contributed by atoms with Crippen molar-refractivity contribution >= 4 is 17.9 Å². The lowest BCUT2D eigenvalue weighted by Gasteiger charge is -2.10. The van der Waals surface area contributed by atoms with Crippen LogP contribution in [0.2, 0.25) is 0 Å². The van der Waals surface area contributed by atoms with Gasteiger partial charge >= 0.3 is 0 Å². The van der Waals surface area contributed by atoms with Crippen molar-refractivity contribution < 1.29 is 24.3 Å². The minimum atomic E-state index is -0.553. The van der Waals surface area contributed by atoms with Crippen LogP contribution in [-0.4, -0.2) is 37.3 Å². The summed E-state index contributed by atoms with van der Waals surface area (Å²) >= 11 is 0. The molecule has 3 N–H and O–H groups in total. The normalized spacial score (nSPS) is 10.5. The Balaban J connectivity index is 2.57. The van der Waals surface area contributed by atoms with Gasteiger partial charge < -0.3 is 14.8 Å². The number of rotatable bonds is 10. The molecule has 0 aliphatic heterocycles. The van der Waals surface area contributed by atoms with Crippen LogP contribution in [0.25, 0.3) is 6.08 Å². The van der Waals surface area contributed by atoms with Crippen LogP contribution in [0.4, 0.5) is 0 Å². The summed E-state index contributed by atoms with van der Waals surface area (Å²) in [7, 11) is 1.56. The van der Waals surface area contributed by atoms with Crippen molar-refractivity contribution in [3.8, 4) is 11.5 Å². The SMILES string of the molecule is CCCCOc1ccc(/C=C/C(=O)NCCC(=O)NO)cc1OC. The van der Waals surface area contributed by atoms with Crippen LogP contribution >= 0.6 is 0 Å². The molecule has 132 valence electrons. The molecule has 0 aliphatic rings. The monoisotopic (exact) mass is 336 g/mol. The summed E-state index contributed by atoms with van der Waals surface area (Å²) in [6.45, 7) is 2.87. The largest absolute Gasteiger partial charge is 0.493 e. The van der Waals surface area contributed by atoms with E-state index < -0.39 is 5.91 Å². The summed E-state index contributed by atoms with van der Waals surface area (Å²) in [5.74, 6) is 0.390. The maximum atomic E-state index is 11.6. The molecule has 0 spiro atoms. The highest BCUT2D eigenvalue weighted by atomic mass is 16.5. The van der Waals surface area contributed by atoms with Gasteiger partial charge in [0.15, 0.2) is 11.5 Å². The first-order valence-electron chi connectivity index (χ1n) is 7.80. The van der Waals surface area contributed by atoms with Crippen molar-refractivity contribution in [3.63, 3.8) is 0 Å². The van der Waals surface area contributed by atoms with E-state index in [2.05, 4.69) is 12.2 Å². The molecule has 0 heterocycles. The van der Waals surface area contributed by atoms with Crippen molar-refractivity contribution in [2.75, 3.05) is 20.3 Å². The van der Waals surface area contributed by atoms with E-state index in [0.29, 0.717) is 18.1 Å². The summed E-state index contributed by atoms with van der Waals surface area (Å²) in [5, 5.41) is 10.9. The molecule has 0 aliphatic carbocycles. The molecule has 0 fully saturated rings. The number of amides is 2. The highest BCUT2D eigenvalue weighted by molar-refractivity contribution is 5.92. The Labute approximate surface area is 141 Å². The lowest BCUT2D eigenvalue weighted by atomic mass is 10.2. The van der Waals surface area contributed by atoms with Crippen molar-refractivity contribution in [1.29, 1.82) is 0 Å². The molecule has 7 heteroatoms. The zero-order valence-corrected chi connectivity index (χ0v) is 14.0. The van der Waals surface area contributed by atoms with Gasteiger partial charge in [-0.25, -0.2) is 5.48 Å². The van der Waals surface area contributed by atoms with Crippen LogP contribution in [0.5, 0.6) is 11.5 Å². The van der Waals surface area contributed by atoms with Crippen LogP contribution in [0.3, 0.4) is 0 Å². The van der Waals surface area contributed by atoms with Gasteiger partial charge in [0.2, 0.25) is 11.8 Å². The van der Waals surface area contributed by atoms with Gasteiger partial charge in [-0.1, -0.05) is 19.4 Å². The molecule has 0 aromatic heterocycles. The van der Waals surface area contributed by atoms with E-state index in [4.69, 9.17) is 14.7 Å². The average Bonchev–Trinajstić information content (AvgIpc) is 2.60. The molecule has 0 radical (unpaired) electrons. The molecule has 1 rings (SSSR count). The van der Waals surface area contributed by atoms with Gasteiger partial charge in [-0.05, 0) is 30.2 Å². The van der Waals surface area contributed by atoms with Crippen molar-refractivity contribution in [1.82, 2.24) is 10.8 Å². The lowest BCUT2D eigenvalue weighted by molar-refractivity contribution is -0.129. The van der Waals surface area contributed by atoms with Crippen molar-refractivity contribution in [2.45, 2.75) is 26.2 Å². The molecule has 0 saturated carbocycles. The Morgan fingerprint density at radius 1 is 1.29 bits per heavy atom. The molecule has 1 aromatic rings. The van der Waals surface area contributed by atoms with E-state index in [1.165, 1.54) is 11.6 Å². The van der Waals surface area contributed by atoms with E-state index in [-0.39, 0.29) is 18.9 Å². The number of nitrogens with one attached hydrogen (secondary N) is 2. The zero-order chi connectivity index (χ0) is 17.8. The number of hydrogen-bond acceptors (Lipinski definition) is 5. The molecular formula is C17H24N2O5. The number of methoxy groups -OCH3 is 1. The smallest absolute Gasteiger partial charge is 0.245 e. The van der Waals surface area contributed by atoms with Crippen LogP contribution < -0.4 is 20.3 Å². The summed E-state index contributed by atoms with van der Waals surface area (Å²) in [4.78, 5) is 22.4. The molecule has 7 nitrogen and oxygen atoms in total. The fraction of sp³-hybridized carbons (Fsp3) is 0.412. The van der Waals surface area contributed by atoms with Gasteiger partial charge in [0.05, 0.1) is 13.7 Å². The Morgan fingerprint density at radius 3 is 2.75 bits per heavy atom. The first-order valence-corrected chi connectivity index (χ1v) is 7.80. The molecule has 0 bridgehead atoms. The number of benzene rings is 1. The zero-order valence-electron chi connectivity index (χ0n) is 14.0. The van der Waals surface area contributed by atoms with E-state index in [9.17, 15) is 9.59 Å². The fourth-order valence-corrected chi connectivity index (χ4v) is 1.82. The topological polar surface area (TPSA) is 96.9 Å². The number of hydroxylamine groups is 1. The third-order valence-corrected chi connectivity index (χ3v) is 3.15. The third kappa shape index (κ3) is 7.15. The van der Waals surface area contributed by atoms with Gasteiger partial charge in [0.1, 0.15) is 0 Å². The standard InChI is InChI=1S/C17H24N2O5/c1-3-4-11-24-14-7-5-13(12-15(14)23-2)6-8-16(20)18-10-9-17(21)19-22/h5-8,12,22H,3-4,9-11H2,1-2H3,(H,18,20)(H,19,21)/b8-6+. The van der Waals surface area contributed by atoms with Crippen LogP contribution in [0, 0.1) is 0 Å². The summed E-state index contributed by atoms with van der Waals surface area (Å²) in [5.41, 5.74) is 2.29. The van der Waals surface area contributed by atoms with Gasteiger partial charge in [-0.15, -0.1) is 0 Å². The summed E-state index contributed by atoms with van der Waals surface area (Å²) in [6, 6.07) is 5.41. The predicted octanol–water partition coefficient (Wildman–Crippen LogP) is 1.90. The number of carbonyl (C=O) groups is 2. The molecule has 0 saturated heterocycles. The van der Waals surface area contributed by atoms with E-state index in [1.54, 1.807) is 25.3 Å². The fourth-order valence-electron chi connectivity index (χ4n) is 1.82. The number of ether oxygens (including phenoxy) is 2. The minimum Gasteiger partial charge on any atom is -0.493 e. The Hall–Kier alpha value is -2.54. The number of carbonyl (C=O) groups excluding carboxylic acids is 2. The maximum absolute atomic E-state index is 11.6. The highest BCUT2D eigenvalue weighted by Gasteiger charge is 2.05. The van der Waals surface area contributed by atoms with Crippen LogP contribution in [0.15, 0.2) is 24.3 Å². The van der Waals surface area contributed by atoms with Gasteiger partial charge in [-0.2, -0.15) is 0 Å². The van der Waals surface area contributed by atoms with E-state index >= 15 is 0 Å². The molecular weight excluding hydrogens is 312 g/mol. The highest BCUT2D eigenvalue weighted by Crippen LogP contribution is 2.28. The molecule has 24 heavy (non-hydrogen) atoms. The van der Waals surface area contributed by atoms with Gasteiger partial charge in [-0.3, -0.25) is 14.8 Å². The van der Waals surface area contributed by atoms with Gasteiger partial charge in [0.25, 0.3) is 0 Å². The summed E-state index contributed by atoms with van der Waals surface area (Å²) in [6.07, 6.45) is 5.04. The molecule has 1 aromatic carbocycles. The second kappa shape index (κ2) is 11.1. The average molecular weight is 336 g/mol. The van der Waals surface area contributed by atoms with Crippen LogP contribution in [0.1, 0.15) is 31.7 Å². The van der Waals surface area contributed by atoms with Crippen molar-refractivity contribution in [3.05, 3.63) is 29.8 Å². The van der Waals surface area contributed by atoms with E-state index in [0.717, 1.165) is 18.4 Å². The number of hydrogen-bond donors (Lipinski definition) is 3. The molecule has 0 atom stereocenters. The second-order valence-corrected chi connectivity index (χ2v) is 5.02. The minimum absolute atomic E-state index is 0.00764. The van der Waals surface area contributed by atoms with Crippen LogP contribution in [-0.2, 0) is 9.59 Å². The predicted molar refractivity (Wildman–Crippen MR) is 90.0 cm³/mol. The quantitative estimate of drug-likeness (QED) is 0.262. The second-order valence-electron chi connectivity index (χ2n) is 5.02. The van der Waals surface area contributed by atoms with E-state index in [1.807, 2.05) is 6.07 Å². The molecule has 2 amide bonds. The first-order chi connectivity index (χ1) is 11.6. The lowest BCUT2D eigenvalue weighted by Crippen LogP contribution is -2.28. The Bertz CT molecular complexity index is 572. The summed E-state index contributed by atoms with van der Waals surface area (Å²) < 4.78 is 10.9. The maximum Gasteiger partial charge on any atom is 0.245 e.